The van der Waals surface area contributed by atoms with Gasteiger partial charge in [-0.05, 0) is 63.0 Å². The first-order valence-corrected chi connectivity index (χ1v) is 8.23. The normalized spacial score (nSPS) is 18.5. The molecule has 1 unspecified atom stereocenters. The Balaban J connectivity index is 2.28. The topological polar surface area (TPSA) is 12.0 Å². The smallest absolute Gasteiger partial charge is 0.0103 e. The highest BCUT2D eigenvalue weighted by Crippen LogP contribution is 2.27. The van der Waals surface area contributed by atoms with Gasteiger partial charge in [0.25, 0.3) is 0 Å². The molecular formula is C15H27NS. The lowest BCUT2D eigenvalue weighted by Crippen LogP contribution is -2.32. The van der Waals surface area contributed by atoms with Gasteiger partial charge in [0.05, 0.1) is 0 Å². The molecule has 1 saturated heterocycles. The third-order valence-corrected chi connectivity index (χ3v) is 4.49. The second-order valence-corrected chi connectivity index (χ2v) is 6.13. The van der Waals surface area contributed by atoms with E-state index in [2.05, 4.69) is 35.8 Å². The summed E-state index contributed by atoms with van der Waals surface area (Å²) in [4.78, 5) is 0. The van der Waals surface area contributed by atoms with Crippen LogP contribution < -0.4 is 5.32 Å². The quantitative estimate of drug-likeness (QED) is 0.695. The zero-order chi connectivity index (χ0) is 12.3. The number of hydrogen-bond donors (Lipinski definition) is 1. The molecule has 1 N–H and O–H groups in total. The minimum absolute atomic E-state index is 0.698. The minimum atomic E-state index is 0.698. The standard InChI is InChI=1S/C15H27NS/c1-3-5-6-7-15(16-10-4-2)13-14-8-11-17-12-9-14/h14-16H,4,6-13H2,1-2H3. The van der Waals surface area contributed by atoms with Gasteiger partial charge in [-0.3, -0.25) is 0 Å². The van der Waals surface area contributed by atoms with E-state index in [1.54, 1.807) is 0 Å². The van der Waals surface area contributed by atoms with E-state index in [9.17, 15) is 0 Å². The maximum Gasteiger partial charge on any atom is 0.0103 e. The summed E-state index contributed by atoms with van der Waals surface area (Å²) < 4.78 is 0. The molecule has 1 fully saturated rings. The second-order valence-electron chi connectivity index (χ2n) is 4.91. The van der Waals surface area contributed by atoms with Crippen LogP contribution in [0.1, 0.15) is 52.4 Å². The van der Waals surface area contributed by atoms with E-state index < -0.39 is 0 Å². The molecule has 0 aromatic rings. The fourth-order valence-corrected chi connectivity index (χ4v) is 3.61. The summed E-state index contributed by atoms with van der Waals surface area (Å²) in [6.07, 6.45) is 7.73. The molecule has 0 saturated carbocycles. The van der Waals surface area contributed by atoms with Crippen molar-refractivity contribution >= 4 is 11.8 Å². The van der Waals surface area contributed by atoms with Gasteiger partial charge >= 0.3 is 0 Å². The predicted octanol–water partition coefficient (Wildman–Crippen LogP) is 3.69. The molecule has 0 spiro atoms. The molecule has 1 rings (SSSR count). The highest BCUT2D eigenvalue weighted by Gasteiger charge is 2.18. The van der Waals surface area contributed by atoms with Gasteiger partial charge < -0.3 is 5.32 Å². The lowest BCUT2D eigenvalue weighted by atomic mass is 9.92. The molecule has 0 aromatic carbocycles. The first-order chi connectivity index (χ1) is 8.36. The van der Waals surface area contributed by atoms with E-state index >= 15 is 0 Å². The summed E-state index contributed by atoms with van der Waals surface area (Å²) in [5.41, 5.74) is 0. The molecule has 1 aliphatic heterocycles. The van der Waals surface area contributed by atoms with E-state index in [1.807, 2.05) is 6.92 Å². The van der Waals surface area contributed by atoms with Crippen LogP contribution >= 0.6 is 11.8 Å². The lowest BCUT2D eigenvalue weighted by Gasteiger charge is -2.26. The maximum absolute atomic E-state index is 3.70. The zero-order valence-corrected chi connectivity index (χ0v) is 12.2. The Morgan fingerprint density at radius 1 is 1.35 bits per heavy atom. The molecule has 98 valence electrons. The molecule has 0 aromatic heterocycles. The van der Waals surface area contributed by atoms with Gasteiger partial charge in [-0.1, -0.05) is 6.92 Å². The monoisotopic (exact) mass is 253 g/mol. The molecule has 0 amide bonds. The number of thioether (sulfide) groups is 1. The second kappa shape index (κ2) is 9.85. The van der Waals surface area contributed by atoms with Gasteiger partial charge in [0.15, 0.2) is 0 Å². The number of hydrogen-bond acceptors (Lipinski definition) is 2. The van der Waals surface area contributed by atoms with Crippen molar-refractivity contribution in [3.05, 3.63) is 0 Å². The van der Waals surface area contributed by atoms with Gasteiger partial charge in [-0.15, -0.1) is 11.8 Å². The Bertz CT molecular complexity index is 235. The van der Waals surface area contributed by atoms with Crippen LogP contribution in [0.4, 0.5) is 0 Å². The van der Waals surface area contributed by atoms with Crippen molar-refractivity contribution in [1.82, 2.24) is 5.32 Å². The van der Waals surface area contributed by atoms with E-state index in [0.29, 0.717) is 6.04 Å². The van der Waals surface area contributed by atoms with E-state index in [-0.39, 0.29) is 0 Å². The van der Waals surface area contributed by atoms with E-state index in [0.717, 1.165) is 18.9 Å². The first kappa shape index (κ1) is 14.9. The summed E-state index contributed by atoms with van der Waals surface area (Å²) in [6, 6.07) is 0.698. The largest absolute Gasteiger partial charge is 0.314 e. The van der Waals surface area contributed by atoms with Crippen LogP contribution in [0.2, 0.25) is 0 Å². The summed E-state index contributed by atoms with van der Waals surface area (Å²) >= 11 is 2.12. The van der Waals surface area contributed by atoms with Gasteiger partial charge in [-0.2, -0.15) is 11.8 Å². The number of nitrogens with one attached hydrogen (secondary N) is 1. The highest BCUT2D eigenvalue weighted by atomic mass is 32.2. The van der Waals surface area contributed by atoms with E-state index in [1.165, 1.54) is 43.6 Å². The SMILES string of the molecule is CC#CCCC(CC1CCSCC1)NCCC. The Kier molecular flexibility index (Phi) is 8.65. The van der Waals surface area contributed by atoms with Crippen molar-refractivity contribution in [3.63, 3.8) is 0 Å². The Hall–Kier alpha value is -0.130. The molecule has 1 atom stereocenters. The Labute approximate surface area is 112 Å². The van der Waals surface area contributed by atoms with Crippen molar-refractivity contribution in [3.8, 4) is 11.8 Å². The molecule has 1 heterocycles. The summed E-state index contributed by atoms with van der Waals surface area (Å²) in [6.45, 7) is 5.34. The van der Waals surface area contributed by atoms with Gasteiger partial charge in [0.2, 0.25) is 0 Å². The van der Waals surface area contributed by atoms with Gasteiger partial charge in [0.1, 0.15) is 0 Å². The zero-order valence-electron chi connectivity index (χ0n) is 11.4. The fraction of sp³-hybridized carbons (Fsp3) is 0.867. The van der Waals surface area contributed by atoms with Crippen LogP contribution in [0.25, 0.3) is 0 Å². The van der Waals surface area contributed by atoms with E-state index in [4.69, 9.17) is 0 Å². The van der Waals surface area contributed by atoms with Crippen molar-refractivity contribution in [2.75, 3.05) is 18.1 Å². The predicted molar refractivity (Wildman–Crippen MR) is 79.4 cm³/mol. The molecule has 0 bridgehead atoms. The van der Waals surface area contributed by atoms with Crippen LogP contribution in [0.15, 0.2) is 0 Å². The molecule has 17 heavy (non-hydrogen) atoms. The van der Waals surface area contributed by atoms with Crippen LogP contribution in [0.5, 0.6) is 0 Å². The average Bonchev–Trinajstić information content (AvgIpc) is 2.37. The first-order valence-electron chi connectivity index (χ1n) is 7.07. The van der Waals surface area contributed by atoms with Gasteiger partial charge in [-0.25, -0.2) is 0 Å². The number of rotatable bonds is 7. The summed E-state index contributed by atoms with van der Waals surface area (Å²) in [7, 11) is 0. The fourth-order valence-electron chi connectivity index (χ4n) is 2.41. The Morgan fingerprint density at radius 2 is 2.12 bits per heavy atom. The van der Waals surface area contributed by atoms with Crippen molar-refractivity contribution < 1.29 is 0 Å². The van der Waals surface area contributed by atoms with Crippen LogP contribution in [-0.4, -0.2) is 24.1 Å². The third-order valence-electron chi connectivity index (χ3n) is 3.44. The highest BCUT2D eigenvalue weighted by molar-refractivity contribution is 7.99. The molecule has 2 heteroatoms. The van der Waals surface area contributed by atoms with Crippen molar-refractivity contribution in [1.29, 1.82) is 0 Å². The minimum Gasteiger partial charge on any atom is -0.314 e. The van der Waals surface area contributed by atoms with Crippen LogP contribution in [-0.2, 0) is 0 Å². The van der Waals surface area contributed by atoms with Gasteiger partial charge in [0, 0.05) is 12.5 Å². The van der Waals surface area contributed by atoms with Crippen LogP contribution in [0.3, 0.4) is 0 Å². The summed E-state index contributed by atoms with van der Waals surface area (Å²) in [5.74, 6) is 9.91. The molecule has 0 radical (unpaired) electrons. The van der Waals surface area contributed by atoms with Crippen LogP contribution in [0, 0.1) is 17.8 Å². The third kappa shape index (κ3) is 7.01. The molecular weight excluding hydrogens is 226 g/mol. The average molecular weight is 253 g/mol. The van der Waals surface area contributed by atoms with Crippen molar-refractivity contribution in [2.24, 2.45) is 5.92 Å². The van der Waals surface area contributed by atoms with Crippen molar-refractivity contribution in [2.45, 2.75) is 58.4 Å². The molecule has 1 aliphatic rings. The summed E-state index contributed by atoms with van der Waals surface area (Å²) in [5, 5.41) is 3.70. The lowest BCUT2D eigenvalue weighted by molar-refractivity contribution is 0.353. The Morgan fingerprint density at radius 3 is 2.76 bits per heavy atom. The molecule has 1 nitrogen and oxygen atoms in total. The maximum atomic E-state index is 3.70. The molecule has 0 aliphatic carbocycles.